The Balaban J connectivity index is 1.23. The number of hydrogen-bond donors (Lipinski definition) is 3. The van der Waals surface area contributed by atoms with E-state index < -0.39 is 77.1 Å². The van der Waals surface area contributed by atoms with Crippen molar-refractivity contribution in [1.82, 2.24) is 39.4 Å². The molecule has 6 bridgehead atoms. The number of carbonyl (C=O) groups excluding carboxylic acids is 6. The van der Waals surface area contributed by atoms with Crippen molar-refractivity contribution < 1.29 is 48.1 Å². The molecule has 0 saturated carbocycles. The average molecular weight is 1030 g/mol. The molecule has 2 aromatic heterocycles. The van der Waals surface area contributed by atoms with Crippen LogP contribution >= 0.6 is 11.9 Å². The fourth-order valence-electron chi connectivity index (χ4n) is 10.1. The van der Waals surface area contributed by atoms with Crippen LogP contribution in [0.25, 0.3) is 33.3 Å². The number of aryl methyl sites for hydroxylation is 1. The summed E-state index contributed by atoms with van der Waals surface area (Å²) < 4.78 is 20.3. The molecule has 0 aliphatic carbocycles. The van der Waals surface area contributed by atoms with Gasteiger partial charge < -0.3 is 39.0 Å². The van der Waals surface area contributed by atoms with E-state index in [0.29, 0.717) is 43.5 Å². The highest BCUT2D eigenvalue weighted by atomic mass is 32.2. The van der Waals surface area contributed by atoms with Crippen LogP contribution in [0, 0.1) is 11.3 Å². The molecule has 394 valence electrons. The number of aromatic hydroxyl groups is 1. The molecule has 18 nitrogen and oxygen atoms in total. The smallest absolute Gasteiger partial charge is 0.326 e. The van der Waals surface area contributed by atoms with Crippen LogP contribution in [-0.4, -0.2) is 152 Å². The number of nitrogens with zero attached hydrogens (tertiary/aromatic N) is 6. The van der Waals surface area contributed by atoms with Crippen LogP contribution in [-0.2, 0) is 69.0 Å². The topological polar surface area (TPSA) is 205 Å². The largest absolute Gasteiger partial charge is 0.508 e. The lowest BCUT2D eigenvalue weighted by Crippen LogP contribution is -2.62. The number of rotatable bonds is 13. The Morgan fingerprint density at radius 2 is 1.78 bits per heavy atom. The molecule has 73 heavy (non-hydrogen) atoms. The van der Waals surface area contributed by atoms with Gasteiger partial charge in [0.05, 0.1) is 32.6 Å². The number of pyridine rings is 1. The highest BCUT2D eigenvalue weighted by Gasteiger charge is 2.60. The van der Waals surface area contributed by atoms with Gasteiger partial charge in [0.1, 0.15) is 36.0 Å². The summed E-state index contributed by atoms with van der Waals surface area (Å²) >= 11 is 1.35. The highest BCUT2D eigenvalue weighted by Crippen LogP contribution is 2.45. The summed E-state index contributed by atoms with van der Waals surface area (Å²) in [5, 5.41) is 16.7. The van der Waals surface area contributed by atoms with Crippen LogP contribution in [0.3, 0.4) is 0 Å². The van der Waals surface area contributed by atoms with Gasteiger partial charge in [0.25, 0.3) is 5.91 Å². The highest BCUT2D eigenvalue weighted by molar-refractivity contribution is 7.98. The Labute approximate surface area is 432 Å². The zero-order chi connectivity index (χ0) is 53.3. The first kappa shape index (κ1) is 54.7. The minimum absolute atomic E-state index is 0.0422. The minimum atomic E-state index is -1.23. The van der Waals surface area contributed by atoms with Gasteiger partial charge in [-0.05, 0) is 111 Å². The minimum Gasteiger partial charge on any atom is -0.508 e. The van der Waals surface area contributed by atoms with Crippen molar-refractivity contribution in [3.05, 3.63) is 71.5 Å². The van der Waals surface area contributed by atoms with E-state index in [-0.39, 0.29) is 36.6 Å². The number of hydrogen-bond acceptors (Lipinski definition) is 14. The lowest BCUT2D eigenvalue weighted by Gasteiger charge is -2.37. The van der Waals surface area contributed by atoms with E-state index in [9.17, 15) is 33.9 Å². The summed E-state index contributed by atoms with van der Waals surface area (Å²) in [4.78, 5) is 90.9. The molecule has 4 amide bonds. The van der Waals surface area contributed by atoms with E-state index in [2.05, 4.69) is 53.2 Å². The Morgan fingerprint density at radius 1 is 1.04 bits per heavy atom. The van der Waals surface area contributed by atoms with Crippen LogP contribution in [0.4, 0.5) is 0 Å². The van der Waals surface area contributed by atoms with Crippen molar-refractivity contribution in [2.45, 2.75) is 129 Å². The Kier molecular flexibility index (Phi) is 16.7. The van der Waals surface area contributed by atoms with Crippen LogP contribution in [0.1, 0.15) is 84.9 Å². The predicted molar refractivity (Wildman–Crippen MR) is 278 cm³/mol. The van der Waals surface area contributed by atoms with E-state index in [0.717, 1.165) is 38.9 Å². The number of esters is 2. The van der Waals surface area contributed by atoms with Crippen LogP contribution in [0.2, 0.25) is 0 Å². The number of phenolic OH excluding ortho intramolecular Hbond substituents is 1. The molecule has 1 unspecified atom stereocenters. The lowest BCUT2D eigenvalue weighted by molar-refractivity contribution is -0.155. The van der Waals surface area contributed by atoms with Gasteiger partial charge in [0, 0.05) is 79.7 Å². The summed E-state index contributed by atoms with van der Waals surface area (Å²) in [6.45, 7) is 16.6. The molecule has 2 fully saturated rings. The molecule has 3 aliphatic heterocycles. The Hall–Kier alpha value is -6.02. The van der Waals surface area contributed by atoms with Crippen molar-refractivity contribution >= 4 is 58.4 Å². The van der Waals surface area contributed by atoms with Gasteiger partial charge in [-0.3, -0.25) is 38.8 Å². The molecule has 0 spiro atoms. The molecule has 3 N–H and O–H groups in total. The number of hydrazine groups is 1. The molecule has 4 aromatic rings. The van der Waals surface area contributed by atoms with Crippen molar-refractivity contribution in [3.8, 4) is 28.1 Å². The molecule has 2 saturated heterocycles. The number of nitrogens with one attached hydrogen (secondary N) is 2. The maximum absolute atomic E-state index is 14.8. The number of fused-ring (bicyclic) bond motifs is 6. The van der Waals surface area contributed by atoms with Gasteiger partial charge in [-0.25, -0.2) is 9.73 Å². The van der Waals surface area contributed by atoms with Gasteiger partial charge in [-0.2, -0.15) is 0 Å². The number of likely N-dealkylation sites (N-methyl/N-ethyl adjacent to an activating group) is 2. The average Bonchev–Trinajstić information content (AvgIpc) is 3.95. The van der Waals surface area contributed by atoms with Crippen molar-refractivity contribution in [3.63, 3.8) is 0 Å². The second kappa shape index (κ2) is 22.2. The molecule has 3 aliphatic rings. The summed E-state index contributed by atoms with van der Waals surface area (Å²) in [7, 11) is 5.88. The molecular formula is C54H72N8O10S. The summed E-state index contributed by atoms with van der Waals surface area (Å²) in [5.41, 5.74) is 9.50. The maximum Gasteiger partial charge on any atom is 0.326 e. The van der Waals surface area contributed by atoms with Crippen LogP contribution in [0.15, 0.2) is 54.9 Å². The van der Waals surface area contributed by atoms with Crippen molar-refractivity contribution in [2.75, 3.05) is 48.0 Å². The van der Waals surface area contributed by atoms with Gasteiger partial charge in [-0.1, -0.05) is 51.8 Å². The number of benzene rings is 2. The Bertz CT molecular complexity index is 2750. The summed E-state index contributed by atoms with van der Waals surface area (Å²) in [6.07, 6.45) is 4.97. The maximum atomic E-state index is 14.8. The Morgan fingerprint density at radius 3 is 2.45 bits per heavy atom. The number of amides is 4. The number of methoxy groups -OCH3 is 2. The van der Waals surface area contributed by atoms with Crippen LogP contribution < -0.4 is 10.7 Å². The zero-order valence-corrected chi connectivity index (χ0v) is 45.1. The standard InChI is InChI=1S/C54H72N8O10S/c1-13-60-42-17-16-33-25-37(42)38(45(60)39-27-55-19-18-34(39)29-70-11)26-54(7,8)30-72-51(68)40-15-14-20-61(57-40)49(66)41(23-32-21-35(33)24-36(63)22-32)56-48(65)44(31(2)3)59(10)43(64)28-58(9)50(67)46-47(52(69)71-12)62(46)73-53(4,5)6/h16-19,21-22,24-25,27,31,40-41,44,46-47,57,63H,13-15,20,23,26,28-30H2,1-12H3,(H,56,65)/t40-,41-,44-,46+,47-,62?/m0/s1. The molecule has 5 heterocycles. The molecule has 6 atom stereocenters. The fourth-order valence-corrected chi connectivity index (χ4v) is 11.3. The molecule has 7 rings (SSSR count). The molecule has 0 radical (unpaired) electrons. The molecule has 19 heteroatoms. The predicted octanol–water partition coefficient (Wildman–Crippen LogP) is 5.50. The van der Waals surface area contributed by atoms with E-state index >= 15 is 0 Å². The zero-order valence-electron chi connectivity index (χ0n) is 44.2. The first-order valence-corrected chi connectivity index (χ1v) is 25.8. The van der Waals surface area contributed by atoms with Gasteiger partial charge in [0.15, 0.2) is 0 Å². The number of ether oxygens (including phenoxy) is 3. The van der Waals surface area contributed by atoms with Gasteiger partial charge in [-0.15, -0.1) is 0 Å². The number of cyclic esters (lactones) is 1. The first-order chi connectivity index (χ1) is 34.5. The third kappa shape index (κ3) is 12.2. The summed E-state index contributed by atoms with van der Waals surface area (Å²) in [6, 6.07) is 8.46. The first-order valence-electron chi connectivity index (χ1n) is 25.0. The van der Waals surface area contributed by atoms with E-state index in [1.54, 1.807) is 43.6 Å². The summed E-state index contributed by atoms with van der Waals surface area (Å²) in [5.74, 6) is -3.68. The third-order valence-electron chi connectivity index (χ3n) is 13.6. The van der Waals surface area contributed by atoms with E-state index in [1.807, 2.05) is 45.2 Å². The van der Waals surface area contributed by atoms with E-state index in [1.165, 1.54) is 48.0 Å². The number of phenols is 1. The monoisotopic (exact) mass is 1020 g/mol. The van der Waals surface area contributed by atoms with E-state index in [4.69, 9.17) is 14.2 Å². The van der Waals surface area contributed by atoms with Crippen LogP contribution in [0.5, 0.6) is 5.75 Å². The molecule has 2 aromatic carbocycles. The van der Waals surface area contributed by atoms with Gasteiger partial charge >= 0.3 is 11.9 Å². The second-order valence-corrected chi connectivity index (χ2v) is 23.4. The normalized spacial score (nSPS) is 21.5. The van der Waals surface area contributed by atoms with Gasteiger partial charge in [0.2, 0.25) is 17.7 Å². The lowest BCUT2D eigenvalue weighted by atomic mass is 9.84. The molecular weight excluding hydrogens is 953 g/mol. The number of carbonyl (C=O) groups is 6. The third-order valence-corrected chi connectivity index (χ3v) is 14.8. The fraction of sp³-hybridized carbons (Fsp3) is 0.537. The van der Waals surface area contributed by atoms with Crippen molar-refractivity contribution in [2.24, 2.45) is 11.3 Å². The second-order valence-electron chi connectivity index (χ2n) is 21.5. The van der Waals surface area contributed by atoms with Crippen molar-refractivity contribution in [1.29, 1.82) is 0 Å². The SMILES string of the molecule is CCn1c(-c2cnccc2COC)c2c3cc(ccc31)-c1cc(O)cc(c1)C[C@H](NC(=O)[C@H](C(C)C)N(C)C(=O)CN(C)C(=O)[C@H]1[C@@H](C(=O)OC)N1SC(C)(C)C)C(=O)N1CCC[C@H](N1)C(=O)OCC(C)(C)C2. The quantitative estimate of drug-likeness (QED) is 0.0860. The number of aromatic nitrogens is 2.